The minimum absolute atomic E-state index is 0.0256. The molecule has 2 aromatic heterocycles. The van der Waals surface area contributed by atoms with Crippen molar-refractivity contribution in [2.45, 2.75) is 20.3 Å². The van der Waals surface area contributed by atoms with Crippen molar-refractivity contribution in [2.24, 2.45) is 0 Å². The number of fused-ring (bicyclic) bond motifs is 1. The molecule has 15 heavy (non-hydrogen) atoms. The monoisotopic (exact) mass is 204 g/mol. The van der Waals surface area contributed by atoms with Crippen molar-refractivity contribution >= 4 is 11.5 Å². The Morgan fingerprint density at radius 1 is 1.53 bits per heavy atom. The number of pyridine rings is 1. The second kappa shape index (κ2) is 3.38. The molecule has 0 saturated carbocycles. The zero-order chi connectivity index (χ0) is 11.0. The second-order valence-corrected chi connectivity index (χ2v) is 3.59. The third-order valence-corrected chi connectivity index (χ3v) is 2.43. The van der Waals surface area contributed by atoms with Crippen molar-refractivity contribution in [3.05, 3.63) is 35.4 Å². The van der Waals surface area contributed by atoms with Crippen LogP contribution in [0.15, 0.2) is 18.3 Å². The van der Waals surface area contributed by atoms with E-state index in [1.54, 1.807) is 0 Å². The largest absolute Gasteiger partial charge is 0.481 e. The van der Waals surface area contributed by atoms with Crippen LogP contribution in [0.4, 0.5) is 0 Å². The molecule has 0 aliphatic heterocycles. The average molecular weight is 204 g/mol. The van der Waals surface area contributed by atoms with Gasteiger partial charge in [-0.2, -0.15) is 0 Å². The van der Waals surface area contributed by atoms with E-state index >= 15 is 0 Å². The molecule has 0 saturated heterocycles. The molecule has 78 valence electrons. The van der Waals surface area contributed by atoms with E-state index in [-0.39, 0.29) is 6.42 Å². The summed E-state index contributed by atoms with van der Waals surface area (Å²) in [5, 5.41) is 8.78. The molecular weight excluding hydrogens is 192 g/mol. The maximum atomic E-state index is 10.7. The molecule has 0 fully saturated rings. The normalized spacial score (nSPS) is 10.8. The number of aryl methyl sites for hydroxylation is 2. The first-order valence-corrected chi connectivity index (χ1v) is 4.74. The van der Waals surface area contributed by atoms with E-state index in [4.69, 9.17) is 5.11 Å². The summed E-state index contributed by atoms with van der Waals surface area (Å²) in [4.78, 5) is 15.0. The van der Waals surface area contributed by atoms with E-state index in [2.05, 4.69) is 4.98 Å². The first-order valence-electron chi connectivity index (χ1n) is 4.74. The highest BCUT2D eigenvalue weighted by molar-refractivity contribution is 5.74. The Kier molecular flexibility index (Phi) is 2.19. The van der Waals surface area contributed by atoms with E-state index < -0.39 is 5.97 Å². The van der Waals surface area contributed by atoms with Crippen molar-refractivity contribution in [2.75, 3.05) is 0 Å². The van der Waals surface area contributed by atoms with Gasteiger partial charge in [0.15, 0.2) is 0 Å². The van der Waals surface area contributed by atoms with Gasteiger partial charge in [-0.15, -0.1) is 0 Å². The van der Waals surface area contributed by atoms with E-state index in [1.165, 1.54) is 0 Å². The molecule has 0 spiro atoms. The Labute approximate surface area is 87.2 Å². The van der Waals surface area contributed by atoms with Crippen molar-refractivity contribution in [3.8, 4) is 0 Å². The molecule has 0 atom stereocenters. The Morgan fingerprint density at radius 3 is 2.93 bits per heavy atom. The van der Waals surface area contributed by atoms with E-state index in [9.17, 15) is 4.79 Å². The number of hydrogen-bond acceptors (Lipinski definition) is 2. The van der Waals surface area contributed by atoms with Crippen molar-refractivity contribution in [1.29, 1.82) is 0 Å². The molecule has 4 heteroatoms. The lowest BCUT2D eigenvalue weighted by molar-refractivity contribution is -0.136. The highest BCUT2D eigenvalue weighted by Crippen LogP contribution is 2.17. The Balaban J connectivity index is 2.70. The predicted octanol–water partition coefficient (Wildman–Crippen LogP) is 1.58. The maximum absolute atomic E-state index is 10.7. The topological polar surface area (TPSA) is 54.6 Å². The highest BCUT2D eigenvalue weighted by atomic mass is 16.4. The minimum Gasteiger partial charge on any atom is -0.481 e. The highest BCUT2D eigenvalue weighted by Gasteiger charge is 2.12. The molecule has 2 heterocycles. The van der Waals surface area contributed by atoms with Crippen LogP contribution in [0.1, 0.15) is 17.1 Å². The fraction of sp³-hybridized carbons (Fsp3) is 0.273. The lowest BCUT2D eigenvalue weighted by Gasteiger charge is -2.00. The zero-order valence-corrected chi connectivity index (χ0v) is 8.69. The second-order valence-electron chi connectivity index (χ2n) is 3.59. The quantitative estimate of drug-likeness (QED) is 0.808. The summed E-state index contributed by atoms with van der Waals surface area (Å²) in [5.74, 6) is -0.0248. The van der Waals surface area contributed by atoms with Gasteiger partial charge < -0.3 is 9.51 Å². The minimum atomic E-state index is -0.849. The summed E-state index contributed by atoms with van der Waals surface area (Å²) in [5.41, 5.74) is 2.60. The summed E-state index contributed by atoms with van der Waals surface area (Å²) in [6.07, 6.45) is 1.87. The Bertz CT molecular complexity index is 529. The third kappa shape index (κ3) is 1.58. The molecule has 0 amide bonds. The zero-order valence-electron chi connectivity index (χ0n) is 8.69. The number of aromatic nitrogens is 2. The molecule has 0 aliphatic rings. The van der Waals surface area contributed by atoms with Crippen molar-refractivity contribution in [3.63, 3.8) is 0 Å². The molecule has 0 aliphatic carbocycles. The summed E-state index contributed by atoms with van der Waals surface area (Å²) in [7, 11) is 0. The number of carbonyl (C=O) groups is 1. The smallest absolute Gasteiger partial charge is 0.309 e. The van der Waals surface area contributed by atoms with Crippen LogP contribution in [0.5, 0.6) is 0 Å². The fourth-order valence-corrected chi connectivity index (χ4v) is 1.82. The SMILES string of the molecule is Cc1cccn2c(C)nc(CC(=O)O)c12. The van der Waals surface area contributed by atoms with Gasteiger partial charge in [-0.05, 0) is 25.5 Å². The van der Waals surface area contributed by atoms with Crippen LogP contribution in [0.3, 0.4) is 0 Å². The molecular formula is C11H12N2O2. The van der Waals surface area contributed by atoms with E-state index in [1.807, 2.05) is 36.6 Å². The lowest BCUT2D eigenvalue weighted by atomic mass is 10.2. The van der Waals surface area contributed by atoms with Gasteiger partial charge in [0, 0.05) is 6.20 Å². The van der Waals surface area contributed by atoms with Gasteiger partial charge in [-0.25, -0.2) is 4.98 Å². The van der Waals surface area contributed by atoms with Gasteiger partial charge >= 0.3 is 5.97 Å². The number of aliphatic carboxylic acids is 1. The lowest BCUT2D eigenvalue weighted by Crippen LogP contribution is -2.01. The summed E-state index contributed by atoms with van der Waals surface area (Å²) in [6, 6.07) is 3.89. The Hall–Kier alpha value is -1.84. The number of rotatable bonds is 2. The van der Waals surface area contributed by atoms with Crippen LogP contribution in [0, 0.1) is 13.8 Å². The molecule has 0 radical (unpaired) electrons. The molecule has 0 aromatic carbocycles. The predicted molar refractivity (Wildman–Crippen MR) is 56.0 cm³/mol. The molecule has 1 N–H and O–H groups in total. The van der Waals surface area contributed by atoms with E-state index in [0.29, 0.717) is 5.69 Å². The van der Waals surface area contributed by atoms with Crippen LogP contribution >= 0.6 is 0 Å². The number of hydrogen-bond donors (Lipinski definition) is 1. The first kappa shape index (κ1) is 9.71. The average Bonchev–Trinajstić information content (AvgIpc) is 2.44. The third-order valence-electron chi connectivity index (χ3n) is 2.43. The van der Waals surface area contributed by atoms with Crippen molar-refractivity contribution < 1.29 is 9.90 Å². The molecule has 2 rings (SSSR count). The summed E-state index contributed by atoms with van der Waals surface area (Å²) in [6.45, 7) is 3.83. The number of carboxylic acids is 1. The van der Waals surface area contributed by atoms with Crippen LogP contribution in [-0.4, -0.2) is 20.5 Å². The fourth-order valence-electron chi connectivity index (χ4n) is 1.82. The molecule has 2 aromatic rings. The van der Waals surface area contributed by atoms with Crippen LogP contribution in [0.2, 0.25) is 0 Å². The first-order chi connectivity index (χ1) is 7.09. The number of nitrogens with zero attached hydrogens (tertiary/aromatic N) is 2. The van der Waals surface area contributed by atoms with Gasteiger partial charge in [0.2, 0.25) is 0 Å². The number of carboxylic acid groups (broad SMARTS) is 1. The van der Waals surface area contributed by atoms with Crippen LogP contribution < -0.4 is 0 Å². The van der Waals surface area contributed by atoms with E-state index in [0.717, 1.165) is 16.9 Å². The van der Waals surface area contributed by atoms with Crippen LogP contribution in [0.25, 0.3) is 5.52 Å². The van der Waals surface area contributed by atoms with Gasteiger partial charge in [0.25, 0.3) is 0 Å². The Morgan fingerprint density at radius 2 is 2.27 bits per heavy atom. The van der Waals surface area contributed by atoms with Gasteiger partial charge in [-0.3, -0.25) is 4.79 Å². The van der Waals surface area contributed by atoms with Gasteiger partial charge in [0.1, 0.15) is 5.82 Å². The van der Waals surface area contributed by atoms with Gasteiger partial charge in [0.05, 0.1) is 17.6 Å². The summed E-state index contributed by atoms with van der Waals surface area (Å²) < 4.78 is 1.92. The standard InChI is InChI=1S/C11H12N2O2/c1-7-4-3-5-13-8(2)12-9(11(7)13)6-10(14)15/h3-5H,6H2,1-2H3,(H,14,15). The van der Waals surface area contributed by atoms with Crippen molar-refractivity contribution in [1.82, 2.24) is 9.38 Å². The number of imidazole rings is 1. The molecule has 0 bridgehead atoms. The maximum Gasteiger partial charge on any atom is 0.309 e. The van der Waals surface area contributed by atoms with Gasteiger partial charge in [-0.1, -0.05) is 6.07 Å². The molecule has 4 nitrogen and oxygen atoms in total. The van der Waals surface area contributed by atoms with Crippen LogP contribution in [-0.2, 0) is 11.2 Å². The molecule has 0 unspecified atom stereocenters. The summed E-state index contributed by atoms with van der Waals surface area (Å²) >= 11 is 0.